The van der Waals surface area contributed by atoms with Crippen molar-refractivity contribution in [3.8, 4) is 0 Å². The quantitative estimate of drug-likeness (QED) is 0.858. The lowest BCUT2D eigenvalue weighted by Crippen LogP contribution is -2.41. The van der Waals surface area contributed by atoms with Crippen LogP contribution in [0.5, 0.6) is 0 Å². The van der Waals surface area contributed by atoms with E-state index in [1.54, 1.807) is 11.3 Å². The van der Waals surface area contributed by atoms with Crippen LogP contribution in [-0.4, -0.2) is 12.3 Å². The Kier molecular flexibility index (Phi) is 3.65. The number of nitrogens with two attached hydrogens (primary N) is 1. The molecule has 3 heteroatoms. The summed E-state index contributed by atoms with van der Waals surface area (Å²) in [6.07, 6.45) is 4.10. The number of carbonyl (C=O) groups excluding carboxylic acids is 1. The third-order valence-corrected chi connectivity index (χ3v) is 5.79. The van der Waals surface area contributed by atoms with Crippen molar-refractivity contribution in [2.24, 2.45) is 17.1 Å². The molecule has 0 unspecified atom stereocenters. The van der Waals surface area contributed by atoms with E-state index < -0.39 is 0 Å². The molecule has 0 amide bonds. The van der Waals surface area contributed by atoms with Gasteiger partial charge in [0.05, 0.1) is 0 Å². The minimum absolute atomic E-state index is 0.264. The molecule has 0 bridgehead atoms. The molecule has 1 aromatic carbocycles. The summed E-state index contributed by atoms with van der Waals surface area (Å²) in [6, 6.07) is 8.10. The first kappa shape index (κ1) is 13.8. The van der Waals surface area contributed by atoms with Crippen LogP contribution in [0.3, 0.4) is 0 Å². The largest absolute Gasteiger partial charge is 0.329 e. The first-order chi connectivity index (χ1) is 9.66. The molecule has 0 aliphatic heterocycles. The summed E-state index contributed by atoms with van der Waals surface area (Å²) in [7, 11) is 0. The molecule has 1 heterocycles. The second-order valence-electron chi connectivity index (χ2n) is 6.14. The molecule has 106 valence electrons. The van der Waals surface area contributed by atoms with Crippen molar-refractivity contribution in [2.75, 3.05) is 6.54 Å². The number of benzene rings is 1. The third-order valence-electron chi connectivity index (χ3n) is 4.83. The maximum atomic E-state index is 13.1. The number of Topliss-reactive ketones (excluding diaryl/α,β-unsaturated/α-hetero) is 1. The van der Waals surface area contributed by atoms with Crippen molar-refractivity contribution in [2.45, 2.75) is 32.6 Å². The minimum atomic E-state index is -0.329. The second kappa shape index (κ2) is 5.30. The van der Waals surface area contributed by atoms with Gasteiger partial charge < -0.3 is 5.73 Å². The van der Waals surface area contributed by atoms with Crippen LogP contribution in [0.4, 0.5) is 0 Å². The summed E-state index contributed by atoms with van der Waals surface area (Å²) < 4.78 is 1.11. The molecule has 2 N–H and O–H groups in total. The van der Waals surface area contributed by atoms with Crippen LogP contribution in [0.2, 0.25) is 0 Å². The molecule has 20 heavy (non-hydrogen) atoms. The molecule has 1 aliphatic rings. The van der Waals surface area contributed by atoms with E-state index in [0.717, 1.165) is 47.3 Å². The molecular formula is C17H21NOS. The van der Waals surface area contributed by atoms with Crippen LogP contribution in [0.15, 0.2) is 29.6 Å². The number of carbonyl (C=O) groups is 1. The topological polar surface area (TPSA) is 43.1 Å². The molecule has 1 fully saturated rings. The SMILES string of the molecule is CC1CCC(CN)(C(=O)c2cccc3ccsc23)CC1. The van der Waals surface area contributed by atoms with Gasteiger partial charge in [0.2, 0.25) is 0 Å². The highest BCUT2D eigenvalue weighted by Crippen LogP contribution is 2.42. The highest BCUT2D eigenvalue weighted by atomic mass is 32.1. The Labute approximate surface area is 124 Å². The van der Waals surface area contributed by atoms with Crippen LogP contribution in [-0.2, 0) is 0 Å². The fourth-order valence-corrected chi connectivity index (χ4v) is 4.21. The summed E-state index contributed by atoms with van der Waals surface area (Å²) in [4.78, 5) is 13.1. The van der Waals surface area contributed by atoms with Crippen LogP contribution < -0.4 is 5.73 Å². The Morgan fingerprint density at radius 2 is 2.10 bits per heavy atom. The van der Waals surface area contributed by atoms with Crippen molar-refractivity contribution in [3.05, 3.63) is 35.2 Å². The smallest absolute Gasteiger partial charge is 0.171 e. The first-order valence-corrected chi connectivity index (χ1v) is 8.25. The highest BCUT2D eigenvalue weighted by Gasteiger charge is 2.40. The number of rotatable bonds is 3. The zero-order valence-corrected chi connectivity index (χ0v) is 12.7. The monoisotopic (exact) mass is 287 g/mol. The molecule has 3 rings (SSSR count). The predicted octanol–water partition coefficient (Wildman–Crippen LogP) is 4.24. The van der Waals surface area contributed by atoms with Gasteiger partial charge in [0.25, 0.3) is 0 Å². The van der Waals surface area contributed by atoms with E-state index in [9.17, 15) is 4.79 Å². The van der Waals surface area contributed by atoms with Crippen molar-refractivity contribution in [3.63, 3.8) is 0 Å². The third kappa shape index (κ3) is 2.19. The molecule has 1 saturated carbocycles. The van der Waals surface area contributed by atoms with Crippen molar-refractivity contribution in [1.82, 2.24) is 0 Å². The van der Waals surface area contributed by atoms with Gasteiger partial charge in [-0.2, -0.15) is 0 Å². The van der Waals surface area contributed by atoms with Gasteiger partial charge in [-0.05, 0) is 54.5 Å². The number of hydrogen-bond donors (Lipinski definition) is 1. The Hall–Kier alpha value is -1.19. The van der Waals surface area contributed by atoms with E-state index in [1.807, 2.05) is 12.1 Å². The molecule has 2 aromatic rings. The fourth-order valence-electron chi connectivity index (χ4n) is 3.30. The number of thiophene rings is 1. The normalized spacial score (nSPS) is 26.8. The van der Waals surface area contributed by atoms with Crippen molar-refractivity contribution < 1.29 is 4.79 Å². The van der Waals surface area contributed by atoms with Gasteiger partial charge in [0, 0.05) is 22.2 Å². The second-order valence-corrected chi connectivity index (χ2v) is 7.06. The summed E-state index contributed by atoms with van der Waals surface area (Å²) in [5, 5.41) is 3.22. The lowest BCUT2D eigenvalue weighted by atomic mass is 9.67. The van der Waals surface area contributed by atoms with Gasteiger partial charge in [0.15, 0.2) is 5.78 Å². The predicted molar refractivity (Wildman–Crippen MR) is 85.3 cm³/mol. The maximum Gasteiger partial charge on any atom is 0.171 e. The molecule has 0 atom stereocenters. The van der Waals surface area contributed by atoms with Gasteiger partial charge in [-0.15, -0.1) is 11.3 Å². The van der Waals surface area contributed by atoms with E-state index in [1.165, 1.54) is 0 Å². The van der Waals surface area contributed by atoms with Crippen molar-refractivity contribution in [1.29, 1.82) is 0 Å². The van der Waals surface area contributed by atoms with E-state index in [-0.39, 0.29) is 11.2 Å². The Morgan fingerprint density at radius 1 is 1.35 bits per heavy atom. The lowest BCUT2D eigenvalue weighted by Gasteiger charge is -2.37. The first-order valence-electron chi connectivity index (χ1n) is 7.37. The van der Waals surface area contributed by atoms with E-state index in [4.69, 9.17) is 5.73 Å². The van der Waals surface area contributed by atoms with E-state index >= 15 is 0 Å². The van der Waals surface area contributed by atoms with E-state index in [2.05, 4.69) is 24.4 Å². The summed E-state index contributed by atoms with van der Waals surface area (Å²) in [5.74, 6) is 0.986. The van der Waals surface area contributed by atoms with Crippen LogP contribution >= 0.6 is 11.3 Å². The van der Waals surface area contributed by atoms with Gasteiger partial charge >= 0.3 is 0 Å². The fraction of sp³-hybridized carbons (Fsp3) is 0.471. The van der Waals surface area contributed by atoms with Gasteiger partial charge in [-0.25, -0.2) is 0 Å². The number of ketones is 1. The van der Waals surface area contributed by atoms with Gasteiger partial charge in [-0.1, -0.05) is 19.1 Å². The molecule has 0 spiro atoms. The average Bonchev–Trinajstić information content (AvgIpc) is 2.96. The highest BCUT2D eigenvalue weighted by molar-refractivity contribution is 7.17. The van der Waals surface area contributed by atoms with Crippen molar-refractivity contribution >= 4 is 27.2 Å². The van der Waals surface area contributed by atoms with Gasteiger partial charge in [0.1, 0.15) is 0 Å². The molecular weight excluding hydrogens is 266 g/mol. The number of fused-ring (bicyclic) bond motifs is 1. The van der Waals surface area contributed by atoms with Crippen LogP contribution in [0.1, 0.15) is 43.0 Å². The maximum absolute atomic E-state index is 13.1. The summed E-state index contributed by atoms with van der Waals surface area (Å²) in [6.45, 7) is 2.74. The molecule has 0 radical (unpaired) electrons. The van der Waals surface area contributed by atoms with Crippen LogP contribution in [0, 0.1) is 11.3 Å². The zero-order chi connectivity index (χ0) is 14.2. The Bertz CT molecular complexity index is 623. The molecule has 1 aliphatic carbocycles. The molecule has 2 nitrogen and oxygen atoms in total. The van der Waals surface area contributed by atoms with E-state index in [0.29, 0.717) is 6.54 Å². The number of hydrogen-bond acceptors (Lipinski definition) is 3. The Balaban J connectivity index is 2.00. The lowest BCUT2D eigenvalue weighted by molar-refractivity contribution is 0.0697. The minimum Gasteiger partial charge on any atom is -0.329 e. The summed E-state index contributed by atoms with van der Waals surface area (Å²) in [5.41, 5.74) is 6.57. The van der Waals surface area contributed by atoms with Gasteiger partial charge in [-0.3, -0.25) is 4.79 Å². The van der Waals surface area contributed by atoms with Crippen LogP contribution in [0.25, 0.3) is 10.1 Å². The standard InChI is InChI=1S/C17H21NOS/c1-12-5-8-17(11-18,9-6-12)16(19)14-4-2-3-13-7-10-20-15(13)14/h2-4,7,10,12H,5-6,8-9,11,18H2,1H3. The Morgan fingerprint density at radius 3 is 2.80 bits per heavy atom. The molecule has 0 saturated heterocycles. The molecule has 1 aromatic heterocycles. The average molecular weight is 287 g/mol. The zero-order valence-electron chi connectivity index (χ0n) is 11.9. The summed E-state index contributed by atoms with van der Waals surface area (Å²) >= 11 is 1.65.